The van der Waals surface area contributed by atoms with E-state index in [1.807, 2.05) is 31.4 Å². The van der Waals surface area contributed by atoms with Crippen molar-refractivity contribution in [2.45, 2.75) is 13.1 Å². The first-order valence-corrected chi connectivity index (χ1v) is 8.52. The van der Waals surface area contributed by atoms with E-state index in [2.05, 4.69) is 20.1 Å². The molecule has 0 unspecified atom stereocenters. The maximum absolute atomic E-state index is 13.9. The quantitative estimate of drug-likeness (QED) is 0.523. The molecule has 3 aromatic heterocycles. The number of halogens is 1. The Kier molecular flexibility index (Phi) is 4.76. The molecule has 0 aliphatic heterocycles. The highest BCUT2D eigenvalue weighted by molar-refractivity contribution is 5.57. The zero-order valence-electron chi connectivity index (χ0n) is 14.8. The number of benzene rings is 1. The molecule has 0 aliphatic carbocycles. The predicted molar refractivity (Wildman–Crippen MR) is 98.4 cm³/mol. The van der Waals surface area contributed by atoms with Crippen molar-refractivity contribution < 1.29 is 8.91 Å². The van der Waals surface area contributed by atoms with E-state index in [4.69, 9.17) is 4.52 Å². The lowest BCUT2D eigenvalue weighted by Crippen LogP contribution is -2.16. The molecule has 6 nitrogen and oxygen atoms in total. The minimum Gasteiger partial charge on any atom is -0.359 e. The van der Waals surface area contributed by atoms with E-state index in [1.54, 1.807) is 41.5 Å². The van der Waals surface area contributed by atoms with Crippen LogP contribution in [-0.4, -0.2) is 31.9 Å². The Morgan fingerprint density at radius 1 is 1.11 bits per heavy atom. The molecule has 0 atom stereocenters. The fourth-order valence-electron chi connectivity index (χ4n) is 2.88. The molecular weight excluding hydrogens is 345 g/mol. The van der Waals surface area contributed by atoms with Crippen molar-refractivity contribution in [1.82, 2.24) is 24.8 Å². The number of nitrogens with zero attached hydrogens (tertiary/aromatic N) is 5. The molecule has 0 bridgehead atoms. The maximum atomic E-state index is 13.9. The Hall–Kier alpha value is -3.32. The van der Waals surface area contributed by atoms with E-state index >= 15 is 0 Å². The molecule has 0 aliphatic rings. The molecule has 0 saturated carbocycles. The van der Waals surface area contributed by atoms with Crippen LogP contribution in [0.4, 0.5) is 4.39 Å². The number of rotatable bonds is 6. The van der Waals surface area contributed by atoms with E-state index in [9.17, 15) is 4.39 Å². The van der Waals surface area contributed by atoms with Crippen LogP contribution in [0.25, 0.3) is 16.9 Å². The monoisotopic (exact) mass is 363 g/mol. The van der Waals surface area contributed by atoms with Gasteiger partial charge in [0.2, 0.25) is 0 Å². The second-order valence-electron chi connectivity index (χ2n) is 6.34. The molecule has 136 valence electrons. The minimum absolute atomic E-state index is 0.301. The van der Waals surface area contributed by atoms with Gasteiger partial charge < -0.3 is 4.52 Å². The Balaban J connectivity index is 1.41. The molecule has 1 aromatic carbocycles. The van der Waals surface area contributed by atoms with Gasteiger partial charge in [0.05, 0.1) is 12.7 Å². The standard InChI is InChI=1S/C20H18FN5O/c1-25(14-17-9-19(24-27-17)16-5-4-8-22-11-16)12-15-10-23-26(13-15)20-7-3-2-6-18(20)21/h2-11,13H,12,14H2,1H3. The number of pyridine rings is 1. The lowest BCUT2D eigenvalue weighted by Gasteiger charge is -2.12. The molecule has 0 radical (unpaired) electrons. The van der Waals surface area contributed by atoms with Crippen molar-refractivity contribution >= 4 is 0 Å². The fourth-order valence-corrected chi connectivity index (χ4v) is 2.88. The van der Waals surface area contributed by atoms with Crippen molar-refractivity contribution in [2.75, 3.05) is 7.05 Å². The first-order valence-electron chi connectivity index (χ1n) is 8.52. The Bertz CT molecular complexity index is 1030. The summed E-state index contributed by atoms with van der Waals surface area (Å²) in [4.78, 5) is 6.17. The highest BCUT2D eigenvalue weighted by Gasteiger charge is 2.11. The van der Waals surface area contributed by atoms with Gasteiger partial charge in [0.1, 0.15) is 17.2 Å². The highest BCUT2D eigenvalue weighted by atomic mass is 19.1. The number of hydrogen-bond acceptors (Lipinski definition) is 5. The third kappa shape index (κ3) is 3.93. The van der Waals surface area contributed by atoms with Gasteiger partial charge >= 0.3 is 0 Å². The molecule has 27 heavy (non-hydrogen) atoms. The first-order chi connectivity index (χ1) is 13.2. The summed E-state index contributed by atoms with van der Waals surface area (Å²) >= 11 is 0. The molecule has 7 heteroatoms. The van der Waals surface area contributed by atoms with E-state index in [0.717, 1.165) is 22.6 Å². The van der Waals surface area contributed by atoms with Crippen LogP contribution in [0.5, 0.6) is 0 Å². The molecule has 0 spiro atoms. The minimum atomic E-state index is -0.301. The molecule has 0 saturated heterocycles. The fraction of sp³-hybridized carbons (Fsp3) is 0.150. The van der Waals surface area contributed by atoms with Gasteiger partial charge in [-0.15, -0.1) is 0 Å². The average molecular weight is 363 g/mol. The summed E-state index contributed by atoms with van der Waals surface area (Å²) < 4.78 is 20.9. The second kappa shape index (κ2) is 7.51. The van der Waals surface area contributed by atoms with E-state index in [1.165, 1.54) is 6.07 Å². The van der Waals surface area contributed by atoms with Gasteiger partial charge in [-0.2, -0.15) is 5.10 Å². The molecule has 3 heterocycles. The van der Waals surface area contributed by atoms with Crippen LogP contribution in [0, 0.1) is 5.82 Å². The Labute approximate surface area is 155 Å². The summed E-state index contributed by atoms with van der Waals surface area (Å²) in [5.74, 6) is 0.461. The second-order valence-corrected chi connectivity index (χ2v) is 6.34. The smallest absolute Gasteiger partial charge is 0.151 e. The van der Waals surface area contributed by atoms with Crippen LogP contribution in [0.2, 0.25) is 0 Å². The summed E-state index contributed by atoms with van der Waals surface area (Å²) in [6.45, 7) is 1.25. The van der Waals surface area contributed by atoms with E-state index < -0.39 is 0 Å². The summed E-state index contributed by atoms with van der Waals surface area (Å²) in [5.41, 5.74) is 3.09. The number of para-hydroxylation sites is 1. The Morgan fingerprint density at radius 2 is 2.00 bits per heavy atom. The molecule has 4 rings (SSSR count). The zero-order chi connectivity index (χ0) is 18.6. The summed E-state index contributed by atoms with van der Waals surface area (Å²) in [6.07, 6.45) is 7.04. The SMILES string of the molecule is CN(Cc1cnn(-c2ccccc2F)c1)Cc1cc(-c2cccnc2)no1. The van der Waals surface area contributed by atoms with Gasteiger partial charge in [0.25, 0.3) is 0 Å². The first kappa shape index (κ1) is 17.1. The zero-order valence-corrected chi connectivity index (χ0v) is 14.8. The highest BCUT2D eigenvalue weighted by Crippen LogP contribution is 2.19. The topological polar surface area (TPSA) is 60.0 Å². The van der Waals surface area contributed by atoms with Crippen molar-refractivity contribution in [3.8, 4) is 16.9 Å². The van der Waals surface area contributed by atoms with E-state index in [0.29, 0.717) is 18.8 Å². The Morgan fingerprint density at radius 3 is 2.81 bits per heavy atom. The van der Waals surface area contributed by atoms with Crippen molar-refractivity contribution in [1.29, 1.82) is 0 Å². The summed E-state index contributed by atoms with van der Waals surface area (Å²) in [5, 5.41) is 8.36. The van der Waals surface area contributed by atoms with Crippen molar-refractivity contribution in [2.24, 2.45) is 0 Å². The summed E-state index contributed by atoms with van der Waals surface area (Å²) in [6, 6.07) is 12.3. The van der Waals surface area contributed by atoms with Crippen LogP contribution in [-0.2, 0) is 13.1 Å². The maximum Gasteiger partial charge on any atom is 0.151 e. The van der Waals surface area contributed by atoms with Crippen LogP contribution in [0.3, 0.4) is 0 Å². The lowest BCUT2D eigenvalue weighted by atomic mass is 10.2. The van der Waals surface area contributed by atoms with Crippen LogP contribution in [0.1, 0.15) is 11.3 Å². The van der Waals surface area contributed by atoms with Gasteiger partial charge in [-0.1, -0.05) is 17.3 Å². The lowest BCUT2D eigenvalue weighted by molar-refractivity contribution is 0.267. The third-order valence-electron chi connectivity index (χ3n) is 4.13. The number of hydrogen-bond donors (Lipinski definition) is 0. The van der Waals surface area contributed by atoms with Crippen molar-refractivity contribution in [3.63, 3.8) is 0 Å². The molecule has 0 N–H and O–H groups in total. The van der Waals surface area contributed by atoms with E-state index in [-0.39, 0.29) is 5.82 Å². The van der Waals surface area contributed by atoms with Crippen LogP contribution in [0.15, 0.2) is 71.8 Å². The molecule has 4 aromatic rings. The molecule has 0 fully saturated rings. The summed E-state index contributed by atoms with van der Waals surface area (Å²) in [7, 11) is 1.98. The van der Waals surface area contributed by atoms with Crippen LogP contribution >= 0.6 is 0 Å². The largest absolute Gasteiger partial charge is 0.359 e. The predicted octanol–water partition coefficient (Wildman–Crippen LogP) is 3.69. The average Bonchev–Trinajstić information content (AvgIpc) is 3.33. The van der Waals surface area contributed by atoms with Gasteiger partial charge in [-0.3, -0.25) is 9.88 Å². The van der Waals surface area contributed by atoms with Gasteiger partial charge in [-0.05, 0) is 31.3 Å². The normalized spacial score (nSPS) is 11.2. The number of aromatic nitrogens is 4. The third-order valence-corrected chi connectivity index (χ3v) is 4.13. The van der Waals surface area contributed by atoms with Crippen molar-refractivity contribution in [3.05, 3.63) is 84.4 Å². The van der Waals surface area contributed by atoms with Gasteiger partial charge in [0, 0.05) is 42.3 Å². The van der Waals surface area contributed by atoms with Gasteiger partial charge in [0.15, 0.2) is 5.76 Å². The molecule has 0 amide bonds. The van der Waals surface area contributed by atoms with Gasteiger partial charge in [-0.25, -0.2) is 9.07 Å². The molecular formula is C20H18FN5O. The van der Waals surface area contributed by atoms with Crippen LogP contribution < -0.4 is 0 Å².